The average Bonchev–Trinajstić information content (AvgIpc) is 3.00. The number of pyridine rings is 2. The standard InChI is InChI=1S/C14H7BrClN5.C14H9BrN6.H3N/c15-11-7-18-6-10-12(11)20-14(21-13(10)16)19-9-3-1-8(5-17)2-4-9;15-11-7-18-6-10-12(11)20-14(21-13(10)17)19-9-3-1-8(5-16)2-4-9;/h1-4,6-7H,(H,19,20,21);1-4,6-7H,(H3,17,19,20,21);1H3. The van der Waals surface area contributed by atoms with Crippen LogP contribution in [0, 0.1) is 22.7 Å². The molecule has 0 aliphatic heterocycles. The quantitative estimate of drug-likeness (QED) is 0.133. The first-order chi connectivity index (χ1) is 20.3. The number of hydrogen-bond acceptors (Lipinski definition) is 12. The lowest BCUT2D eigenvalue weighted by atomic mass is 10.2. The number of fused-ring (bicyclic) bond motifs is 2. The second kappa shape index (κ2) is 13.8. The van der Waals surface area contributed by atoms with Crippen molar-refractivity contribution >= 4 is 94.4 Å². The number of nitrogens with one attached hydrogen (secondary N) is 2. The Labute approximate surface area is 266 Å². The van der Waals surface area contributed by atoms with Crippen LogP contribution >= 0.6 is 43.5 Å². The number of nitrogens with two attached hydrogens (primary N) is 1. The molecule has 0 atom stereocenters. The molecule has 0 aliphatic carbocycles. The summed E-state index contributed by atoms with van der Waals surface area (Å²) in [7, 11) is 0. The predicted molar refractivity (Wildman–Crippen MR) is 173 cm³/mol. The zero-order chi connectivity index (χ0) is 29.6. The van der Waals surface area contributed by atoms with Gasteiger partial charge in [0.2, 0.25) is 11.9 Å². The zero-order valence-corrected chi connectivity index (χ0v) is 25.9. The van der Waals surface area contributed by atoms with Crippen LogP contribution in [-0.4, -0.2) is 29.9 Å². The van der Waals surface area contributed by atoms with Crippen molar-refractivity contribution < 1.29 is 0 Å². The molecular weight excluding hydrogens is 700 g/mol. The van der Waals surface area contributed by atoms with Gasteiger partial charge in [-0.2, -0.15) is 15.5 Å². The average molecular weight is 719 g/mol. The van der Waals surface area contributed by atoms with Crippen LogP contribution < -0.4 is 22.5 Å². The topological polar surface area (TPSA) is 210 Å². The molecule has 4 heterocycles. The molecule has 0 aliphatic rings. The molecule has 12 nitrogen and oxygen atoms in total. The Morgan fingerprint density at radius 3 is 1.58 bits per heavy atom. The maximum Gasteiger partial charge on any atom is 0.229 e. The van der Waals surface area contributed by atoms with E-state index in [1.807, 2.05) is 0 Å². The van der Waals surface area contributed by atoms with Gasteiger partial charge in [-0.25, -0.2) is 15.0 Å². The lowest BCUT2D eigenvalue weighted by Crippen LogP contribution is -2.02. The molecule has 0 spiro atoms. The summed E-state index contributed by atoms with van der Waals surface area (Å²) in [4.78, 5) is 25.3. The van der Waals surface area contributed by atoms with Gasteiger partial charge in [0.1, 0.15) is 11.0 Å². The Balaban J connectivity index is 0.000000192. The lowest BCUT2D eigenvalue weighted by Gasteiger charge is -2.08. The van der Waals surface area contributed by atoms with E-state index in [1.165, 1.54) is 0 Å². The molecule has 0 bridgehead atoms. The molecule has 6 aromatic rings. The van der Waals surface area contributed by atoms with Crippen LogP contribution in [0.25, 0.3) is 21.8 Å². The van der Waals surface area contributed by atoms with Gasteiger partial charge in [0.25, 0.3) is 0 Å². The van der Waals surface area contributed by atoms with Gasteiger partial charge in [-0.15, -0.1) is 0 Å². The van der Waals surface area contributed by atoms with Gasteiger partial charge in [0.05, 0.1) is 54.0 Å². The third-order valence-electron chi connectivity index (χ3n) is 5.65. The molecular formula is C28H19Br2ClN12. The van der Waals surface area contributed by atoms with Crippen molar-refractivity contribution in [1.82, 2.24) is 36.1 Å². The smallest absolute Gasteiger partial charge is 0.229 e. The predicted octanol–water partition coefficient (Wildman–Crippen LogP) is 7.20. The minimum absolute atomic E-state index is 0. The molecule has 15 heteroatoms. The fourth-order valence-corrected chi connectivity index (χ4v) is 4.70. The SMILES string of the molecule is N.N#Cc1ccc(Nc2nc(Cl)c3cncc(Br)c3n2)cc1.N#Cc1ccc(Nc2nc(N)c3cncc(Br)c3n2)cc1. The largest absolute Gasteiger partial charge is 0.383 e. The van der Waals surface area contributed by atoms with E-state index in [0.717, 1.165) is 20.3 Å². The molecule has 2 aromatic carbocycles. The van der Waals surface area contributed by atoms with Gasteiger partial charge in [0, 0.05) is 36.2 Å². The van der Waals surface area contributed by atoms with Crippen LogP contribution in [-0.2, 0) is 0 Å². The minimum atomic E-state index is 0. The van der Waals surface area contributed by atoms with Gasteiger partial charge < -0.3 is 22.5 Å². The normalized spacial score (nSPS) is 10.1. The number of nitrogens with zero attached hydrogens (tertiary/aromatic N) is 8. The molecule has 43 heavy (non-hydrogen) atoms. The van der Waals surface area contributed by atoms with Gasteiger partial charge >= 0.3 is 0 Å². The highest BCUT2D eigenvalue weighted by Gasteiger charge is 2.10. The summed E-state index contributed by atoms with van der Waals surface area (Å²) in [6.45, 7) is 0. The number of nitrogen functional groups attached to an aromatic ring is 1. The highest BCUT2D eigenvalue weighted by Crippen LogP contribution is 2.28. The number of anilines is 5. The summed E-state index contributed by atoms with van der Waals surface area (Å²) in [5, 5.41) is 25.4. The minimum Gasteiger partial charge on any atom is -0.383 e. The molecule has 4 aromatic heterocycles. The summed E-state index contributed by atoms with van der Waals surface area (Å²) in [6.07, 6.45) is 6.55. The maximum atomic E-state index is 8.78. The first kappa shape index (κ1) is 31.0. The molecule has 0 amide bonds. The third kappa shape index (κ3) is 7.27. The van der Waals surface area contributed by atoms with Gasteiger partial charge in [-0.05, 0) is 80.4 Å². The van der Waals surface area contributed by atoms with E-state index in [4.69, 9.17) is 27.9 Å². The maximum absolute atomic E-state index is 8.78. The summed E-state index contributed by atoms with van der Waals surface area (Å²) < 4.78 is 1.49. The molecule has 0 radical (unpaired) electrons. The summed E-state index contributed by atoms with van der Waals surface area (Å²) in [5.74, 6) is 1.12. The van der Waals surface area contributed by atoms with Crippen molar-refractivity contribution in [2.45, 2.75) is 0 Å². The van der Waals surface area contributed by atoms with Crippen molar-refractivity contribution in [2.24, 2.45) is 0 Å². The van der Waals surface area contributed by atoms with E-state index < -0.39 is 0 Å². The van der Waals surface area contributed by atoms with Crippen molar-refractivity contribution in [1.29, 1.82) is 10.5 Å². The van der Waals surface area contributed by atoms with Gasteiger partial charge in [-0.1, -0.05) is 11.6 Å². The fraction of sp³-hybridized carbons (Fsp3) is 0. The Bertz CT molecular complexity index is 1860. The number of aromatic nitrogens is 6. The molecule has 0 unspecified atom stereocenters. The second-order valence-corrected chi connectivity index (χ2v) is 10.5. The van der Waals surface area contributed by atoms with Crippen molar-refractivity contribution in [3.63, 3.8) is 0 Å². The van der Waals surface area contributed by atoms with E-state index >= 15 is 0 Å². The Hall–Kier alpha value is -4.99. The van der Waals surface area contributed by atoms with Crippen molar-refractivity contribution in [2.75, 3.05) is 16.4 Å². The van der Waals surface area contributed by atoms with Crippen LogP contribution in [0.3, 0.4) is 0 Å². The van der Waals surface area contributed by atoms with E-state index in [0.29, 0.717) is 55.8 Å². The third-order valence-corrected chi connectivity index (χ3v) is 7.10. The van der Waals surface area contributed by atoms with Gasteiger partial charge in [0.15, 0.2) is 0 Å². The van der Waals surface area contributed by atoms with Crippen molar-refractivity contribution in [3.05, 3.63) is 98.5 Å². The summed E-state index contributed by atoms with van der Waals surface area (Å²) in [6, 6.07) is 18.1. The summed E-state index contributed by atoms with van der Waals surface area (Å²) >= 11 is 12.9. The van der Waals surface area contributed by atoms with Crippen LogP contribution in [0.4, 0.5) is 29.1 Å². The van der Waals surface area contributed by atoms with Crippen LogP contribution in [0.15, 0.2) is 82.3 Å². The fourth-order valence-electron chi connectivity index (χ4n) is 3.64. The summed E-state index contributed by atoms with van der Waals surface area (Å²) in [5.41, 5.74) is 10.0. The molecule has 0 fully saturated rings. The monoisotopic (exact) mass is 716 g/mol. The molecule has 212 valence electrons. The lowest BCUT2D eigenvalue weighted by molar-refractivity contribution is 1.19. The van der Waals surface area contributed by atoms with Crippen molar-refractivity contribution in [3.8, 4) is 12.1 Å². The van der Waals surface area contributed by atoms with E-state index in [9.17, 15) is 0 Å². The molecule has 0 saturated heterocycles. The Morgan fingerprint density at radius 2 is 1.09 bits per heavy atom. The van der Waals surface area contributed by atoms with E-state index in [1.54, 1.807) is 73.3 Å². The van der Waals surface area contributed by atoms with E-state index in [-0.39, 0.29) is 6.15 Å². The number of hydrogen-bond donors (Lipinski definition) is 4. The zero-order valence-electron chi connectivity index (χ0n) is 21.9. The second-order valence-electron chi connectivity index (χ2n) is 8.43. The number of nitriles is 2. The van der Waals surface area contributed by atoms with Crippen LogP contribution in [0.5, 0.6) is 0 Å². The molecule has 0 saturated carbocycles. The van der Waals surface area contributed by atoms with E-state index in [2.05, 4.69) is 84.5 Å². The Morgan fingerprint density at radius 1 is 0.651 bits per heavy atom. The first-order valence-corrected chi connectivity index (χ1v) is 13.9. The highest BCUT2D eigenvalue weighted by atomic mass is 79.9. The molecule has 7 N–H and O–H groups in total. The Kier molecular flexibility index (Phi) is 9.92. The number of benzene rings is 2. The molecule has 6 rings (SSSR count). The van der Waals surface area contributed by atoms with Crippen LogP contribution in [0.2, 0.25) is 5.15 Å². The number of halogens is 3. The number of rotatable bonds is 4. The van der Waals surface area contributed by atoms with Crippen LogP contribution in [0.1, 0.15) is 11.1 Å². The van der Waals surface area contributed by atoms with Gasteiger partial charge in [-0.3, -0.25) is 9.97 Å². The highest BCUT2D eigenvalue weighted by molar-refractivity contribution is 9.11. The first-order valence-electron chi connectivity index (χ1n) is 11.9.